The zero-order chi connectivity index (χ0) is 12.2. The Kier molecular flexibility index (Phi) is 5.12. The van der Waals surface area contributed by atoms with Gasteiger partial charge in [0.25, 0.3) is 0 Å². The summed E-state index contributed by atoms with van der Waals surface area (Å²) in [7, 11) is 0. The summed E-state index contributed by atoms with van der Waals surface area (Å²) < 4.78 is 0. The quantitative estimate of drug-likeness (QED) is 0.808. The Balaban J connectivity index is 2.92. The molecular weight excluding hydrogens is 222 g/mol. The second kappa shape index (κ2) is 5.92. The van der Waals surface area contributed by atoms with E-state index in [2.05, 4.69) is 25.7 Å². The van der Waals surface area contributed by atoms with E-state index in [1.54, 1.807) is 0 Å². The van der Waals surface area contributed by atoms with E-state index in [-0.39, 0.29) is 0 Å². The van der Waals surface area contributed by atoms with Gasteiger partial charge in [-0.25, -0.2) is 0 Å². The van der Waals surface area contributed by atoms with Crippen molar-refractivity contribution in [3.8, 4) is 0 Å². The molecule has 0 bridgehead atoms. The van der Waals surface area contributed by atoms with Crippen molar-refractivity contribution in [1.82, 2.24) is 4.90 Å². The van der Waals surface area contributed by atoms with E-state index in [9.17, 15) is 9.90 Å². The predicted octanol–water partition coefficient (Wildman–Crippen LogP) is 2.46. The van der Waals surface area contributed by atoms with Gasteiger partial charge in [0.2, 0.25) is 0 Å². The number of nitrogens with zero attached hydrogens (tertiary/aromatic N) is 1. The Morgan fingerprint density at radius 2 is 2.00 bits per heavy atom. The summed E-state index contributed by atoms with van der Waals surface area (Å²) in [4.78, 5) is 13.8. The van der Waals surface area contributed by atoms with Crippen LogP contribution in [0.1, 0.15) is 40.0 Å². The highest BCUT2D eigenvalue weighted by Crippen LogP contribution is 2.34. The van der Waals surface area contributed by atoms with E-state index in [4.69, 9.17) is 0 Å². The fourth-order valence-electron chi connectivity index (χ4n) is 2.54. The minimum Gasteiger partial charge on any atom is -0.480 e. The molecule has 1 rings (SSSR count). The first-order valence-corrected chi connectivity index (χ1v) is 7.28. The lowest BCUT2D eigenvalue weighted by Crippen LogP contribution is -2.59. The normalized spacial score (nSPS) is 20.3. The molecule has 1 aliphatic heterocycles. The van der Waals surface area contributed by atoms with Crippen LogP contribution in [0.15, 0.2) is 0 Å². The van der Waals surface area contributed by atoms with Gasteiger partial charge in [-0.15, -0.1) is 0 Å². The molecule has 3 nitrogen and oxygen atoms in total. The van der Waals surface area contributed by atoms with Crippen LogP contribution >= 0.6 is 11.8 Å². The Hall–Kier alpha value is -0.220. The number of hydrogen-bond donors (Lipinski definition) is 1. The van der Waals surface area contributed by atoms with Gasteiger partial charge in [-0.1, -0.05) is 6.92 Å². The first kappa shape index (κ1) is 13.8. The van der Waals surface area contributed by atoms with Crippen molar-refractivity contribution in [2.45, 2.75) is 51.6 Å². The van der Waals surface area contributed by atoms with E-state index in [0.717, 1.165) is 37.3 Å². The van der Waals surface area contributed by atoms with Gasteiger partial charge in [-0.3, -0.25) is 9.69 Å². The SMILES string of the molecule is CCCN(C(C)C)C1(C(=O)O)CCSCC1. The summed E-state index contributed by atoms with van der Waals surface area (Å²) in [6.07, 6.45) is 2.58. The number of aliphatic carboxylic acids is 1. The number of carboxylic acid groups (broad SMARTS) is 1. The van der Waals surface area contributed by atoms with Gasteiger partial charge in [0.15, 0.2) is 0 Å². The van der Waals surface area contributed by atoms with Crippen LogP contribution in [0.25, 0.3) is 0 Å². The molecule has 0 radical (unpaired) electrons. The van der Waals surface area contributed by atoms with Crippen molar-refractivity contribution in [2.75, 3.05) is 18.1 Å². The van der Waals surface area contributed by atoms with Crippen LogP contribution in [0, 0.1) is 0 Å². The number of rotatable bonds is 5. The first-order chi connectivity index (χ1) is 7.54. The van der Waals surface area contributed by atoms with Crippen molar-refractivity contribution >= 4 is 17.7 Å². The minimum absolute atomic E-state index is 0.305. The fraction of sp³-hybridized carbons (Fsp3) is 0.917. The van der Waals surface area contributed by atoms with Crippen LogP contribution in [0.2, 0.25) is 0 Å². The molecular formula is C12H23NO2S. The highest BCUT2D eigenvalue weighted by Gasteiger charge is 2.45. The van der Waals surface area contributed by atoms with Crippen LogP contribution in [0.3, 0.4) is 0 Å². The third kappa shape index (κ3) is 2.72. The molecule has 1 N–H and O–H groups in total. The van der Waals surface area contributed by atoms with Crippen LogP contribution in [0.4, 0.5) is 0 Å². The number of hydrogen-bond acceptors (Lipinski definition) is 3. The highest BCUT2D eigenvalue weighted by molar-refractivity contribution is 7.99. The van der Waals surface area contributed by atoms with Gasteiger partial charge in [-0.05, 0) is 51.2 Å². The van der Waals surface area contributed by atoms with Crippen molar-refractivity contribution in [1.29, 1.82) is 0 Å². The zero-order valence-electron chi connectivity index (χ0n) is 10.5. The Labute approximate surface area is 103 Å². The molecule has 0 saturated carbocycles. The van der Waals surface area contributed by atoms with Crippen molar-refractivity contribution in [3.63, 3.8) is 0 Å². The Bertz CT molecular complexity index is 237. The standard InChI is InChI=1S/C12H23NO2S/c1-4-7-13(10(2)3)12(11(14)15)5-8-16-9-6-12/h10H,4-9H2,1-3H3,(H,14,15). The van der Waals surface area contributed by atoms with Crippen LogP contribution in [0.5, 0.6) is 0 Å². The maximum atomic E-state index is 11.6. The highest BCUT2D eigenvalue weighted by atomic mass is 32.2. The molecule has 0 atom stereocenters. The molecule has 1 heterocycles. The van der Waals surface area contributed by atoms with E-state index < -0.39 is 11.5 Å². The molecule has 0 amide bonds. The van der Waals surface area contributed by atoms with Gasteiger partial charge < -0.3 is 5.11 Å². The average molecular weight is 245 g/mol. The smallest absolute Gasteiger partial charge is 0.324 e. The third-order valence-electron chi connectivity index (χ3n) is 3.36. The molecule has 1 aliphatic rings. The lowest BCUT2D eigenvalue weighted by atomic mass is 9.88. The number of carbonyl (C=O) groups is 1. The summed E-state index contributed by atoms with van der Waals surface area (Å²) in [5.41, 5.74) is -0.602. The van der Waals surface area contributed by atoms with Crippen molar-refractivity contribution in [3.05, 3.63) is 0 Å². The number of carboxylic acids is 1. The van der Waals surface area contributed by atoms with Crippen molar-refractivity contribution < 1.29 is 9.90 Å². The van der Waals surface area contributed by atoms with E-state index >= 15 is 0 Å². The van der Waals surface area contributed by atoms with E-state index in [1.165, 1.54) is 0 Å². The molecule has 0 aliphatic carbocycles. The summed E-state index contributed by atoms with van der Waals surface area (Å²) in [5.74, 6) is 1.31. The second-order valence-electron chi connectivity index (χ2n) is 4.74. The second-order valence-corrected chi connectivity index (χ2v) is 5.96. The summed E-state index contributed by atoms with van der Waals surface area (Å²) in [6.45, 7) is 7.20. The molecule has 94 valence electrons. The minimum atomic E-state index is -0.630. The van der Waals surface area contributed by atoms with Gasteiger partial charge in [0, 0.05) is 6.04 Å². The molecule has 1 fully saturated rings. The van der Waals surface area contributed by atoms with Gasteiger partial charge in [0.05, 0.1) is 0 Å². The molecule has 0 aromatic rings. The maximum absolute atomic E-state index is 11.6. The molecule has 1 saturated heterocycles. The summed E-state index contributed by atoms with van der Waals surface area (Å²) in [6, 6.07) is 0.305. The largest absolute Gasteiger partial charge is 0.480 e. The molecule has 4 heteroatoms. The summed E-state index contributed by atoms with van der Waals surface area (Å²) in [5, 5.41) is 9.58. The third-order valence-corrected chi connectivity index (χ3v) is 4.34. The zero-order valence-corrected chi connectivity index (χ0v) is 11.3. The first-order valence-electron chi connectivity index (χ1n) is 6.12. The summed E-state index contributed by atoms with van der Waals surface area (Å²) >= 11 is 1.87. The predicted molar refractivity (Wildman–Crippen MR) is 69.1 cm³/mol. The van der Waals surface area contributed by atoms with E-state index in [1.807, 2.05) is 11.8 Å². The van der Waals surface area contributed by atoms with Gasteiger partial charge in [0.1, 0.15) is 5.54 Å². The Morgan fingerprint density at radius 3 is 2.38 bits per heavy atom. The molecule has 0 unspecified atom stereocenters. The van der Waals surface area contributed by atoms with Crippen LogP contribution < -0.4 is 0 Å². The van der Waals surface area contributed by atoms with Gasteiger partial charge >= 0.3 is 5.97 Å². The molecule has 0 aromatic heterocycles. The molecule has 0 aromatic carbocycles. The van der Waals surface area contributed by atoms with Crippen LogP contribution in [-0.2, 0) is 4.79 Å². The van der Waals surface area contributed by atoms with E-state index in [0.29, 0.717) is 6.04 Å². The van der Waals surface area contributed by atoms with Crippen LogP contribution in [-0.4, -0.2) is 45.6 Å². The van der Waals surface area contributed by atoms with Gasteiger partial charge in [-0.2, -0.15) is 11.8 Å². The topological polar surface area (TPSA) is 40.5 Å². The Morgan fingerprint density at radius 1 is 1.44 bits per heavy atom. The fourth-order valence-corrected chi connectivity index (χ4v) is 3.71. The number of thioether (sulfide) groups is 1. The average Bonchev–Trinajstić information content (AvgIpc) is 2.26. The maximum Gasteiger partial charge on any atom is 0.324 e. The lowest BCUT2D eigenvalue weighted by Gasteiger charge is -2.45. The molecule has 16 heavy (non-hydrogen) atoms. The van der Waals surface area contributed by atoms with Crippen molar-refractivity contribution in [2.24, 2.45) is 0 Å². The molecule has 0 spiro atoms. The monoisotopic (exact) mass is 245 g/mol. The lowest BCUT2D eigenvalue weighted by molar-refractivity contribution is -0.154.